The van der Waals surface area contributed by atoms with Gasteiger partial charge in [0.25, 0.3) is 5.91 Å². The molecule has 0 bridgehead atoms. The summed E-state index contributed by atoms with van der Waals surface area (Å²) >= 11 is 1.26. The topological polar surface area (TPSA) is 95.1 Å². The van der Waals surface area contributed by atoms with E-state index >= 15 is 0 Å². The lowest BCUT2D eigenvalue weighted by Gasteiger charge is -2.31. The van der Waals surface area contributed by atoms with E-state index in [1.54, 1.807) is 13.2 Å². The predicted molar refractivity (Wildman–Crippen MR) is 83.8 cm³/mol. The van der Waals surface area contributed by atoms with Crippen LogP contribution in [0.25, 0.3) is 0 Å². The first-order chi connectivity index (χ1) is 9.70. The minimum Gasteiger partial charge on any atom is -0.396 e. The Labute approximate surface area is 128 Å². The molecule has 0 fully saturated rings. The van der Waals surface area contributed by atoms with Gasteiger partial charge in [-0.25, -0.2) is 4.79 Å². The van der Waals surface area contributed by atoms with Gasteiger partial charge < -0.3 is 15.4 Å². The van der Waals surface area contributed by atoms with E-state index < -0.39 is 5.69 Å². The Bertz CT molecular complexity index is 564. The number of aromatic nitrogens is 2. The molecule has 0 spiro atoms. The van der Waals surface area contributed by atoms with Gasteiger partial charge in [-0.3, -0.25) is 4.79 Å². The van der Waals surface area contributed by atoms with Crippen LogP contribution in [0.3, 0.4) is 0 Å². The quantitative estimate of drug-likeness (QED) is 0.563. The average molecular weight is 313 g/mol. The number of aliphatic hydroxyl groups excluding tert-OH is 1. The molecule has 0 aromatic carbocycles. The highest BCUT2D eigenvalue weighted by atomic mass is 32.2. The number of hydrogen-bond donors (Lipinski definition) is 3. The molecule has 1 unspecified atom stereocenters. The van der Waals surface area contributed by atoms with Gasteiger partial charge in [-0.15, -0.1) is 11.8 Å². The highest BCUT2D eigenvalue weighted by Gasteiger charge is 2.27. The van der Waals surface area contributed by atoms with E-state index in [1.807, 2.05) is 20.8 Å². The second kappa shape index (κ2) is 7.09. The molecular formula is C14H23N3O3S. The van der Waals surface area contributed by atoms with Crippen molar-refractivity contribution < 1.29 is 9.90 Å². The summed E-state index contributed by atoms with van der Waals surface area (Å²) in [5.41, 5.74) is 0.237. The zero-order valence-corrected chi connectivity index (χ0v) is 13.9. The minimum atomic E-state index is -0.462. The Morgan fingerprint density at radius 2 is 2.10 bits per heavy atom. The van der Waals surface area contributed by atoms with Crippen molar-refractivity contribution in [2.45, 2.75) is 45.2 Å². The van der Waals surface area contributed by atoms with E-state index in [2.05, 4.69) is 15.3 Å². The summed E-state index contributed by atoms with van der Waals surface area (Å²) < 4.78 is 0. The van der Waals surface area contributed by atoms with Gasteiger partial charge in [0.05, 0.1) is 5.56 Å². The van der Waals surface area contributed by atoms with Crippen molar-refractivity contribution in [2.24, 2.45) is 5.41 Å². The SMILES string of the molecule is CSc1nc(=O)[nH]c(C)c1C(=O)NC(CCO)C(C)(C)C. The molecule has 1 aromatic heterocycles. The molecule has 0 aliphatic carbocycles. The lowest BCUT2D eigenvalue weighted by molar-refractivity contribution is 0.0880. The van der Waals surface area contributed by atoms with E-state index in [9.17, 15) is 9.59 Å². The number of carbonyl (C=O) groups is 1. The number of nitrogens with one attached hydrogen (secondary N) is 2. The molecule has 21 heavy (non-hydrogen) atoms. The van der Waals surface area contributed by atoms with Crippen LogP contribution in [0.5, 0.6) is 0 Å². The van der Waals surface area contributed by atoms with Gasteiger partial charge in [-0.05, 0) is 25.0 Å². The number of H-pyrrole nitrogens is 1. The second-order valence-corrected chi connectivity index (χ2v) is 6.75. The van der Waals surface area contributed by atoms with E-state index in [0.29, 0.717) is 22.7 Å². The molecule has 0 saturated carbocycles. The van der Waals surface area contributed by atoms with Gasteiger partial charge in [0, 0.05) is 18.3 Å². The average Bonchev–Trinajstić information content (AvgIpc) is 2.35. The standard InChI is InChI=1S/C14H23N3O3S/c1-8-10(12(21-5)17-13(20)15-8)11(19)16-9(6-7-18)14(2,3)4/h9,18H,6-7H2,1-5H3,(H,16,19)(H,15,17,20). The Morgan fingerprint density at radius 1 is 1.48 bits per heavy atom. The van der Waals surface area contributed by atoms with Crippen molar-refractivity contribution in [3.05, 3.63) is 21.7 Å². The number of aliphatic hydroxyl groups is 1. The first kappa shape index (κ1) is 17.7. The summed E-state index contributed by atoms with van der Waals surface area (Å²) in [6.45, 7) is 7.68. The Balaban J connectivity index is 3.11. The van der Waals surface area contributed by atoms with E-state index in [4.69, 9.17) is 5.11 Å². The Hall–Kier alpha value is -1.34. The highest BCUT2D eigenvalue weighted by Crippen LogP contribution is 2.23. The highest BCUT2D eigenvalue weighted by molar-refractivity contribution is 7.98. The van der Waals surface area contributed by atoms with Crippen LogP contribution in [0, 0.1) is 12.3 Å². The summed E-state index contributed by atoms with van der Waals surface area (Å²) in [6.07, 6.45) is 2.24. The third-order valence-corrected chi connectivity index (χ3v) is 3.96. The van der Waals surface area contributed by atoms with Gasteiger partial charge in [0.2, 0.25) is 0 Å². The zero-order chi connectivity index (χ0) is 16.2. The van der Waals surface area contributed by atoms with Crippen LogP contribution in [0.2, 0.25) is 0 Å². The van der Waals surface area contributed by atoms with E-state index in [0.717, 1.165) is 0 Å². The van der Waals surface area contributed by atoms with Crippen LogP contribution in [0.15, 0.2) is 9.82 Å². The molecule has 1 rings (SSSR count). The fourth-order valence-electron chi connectivity index (χ4n) is 2.06. The number of amides is 1. The maximum absolute atomic E-state index is 12.5. The van der Waals surface area contributed by atoms with Crippen molar-refractivity contribution in [1.29, 1.82) is 0 Å². The van der Waals surface area contributed by atoms with Crippen LogP contribution in [0.4, 0.5) is 0 Å². The first-order valence-electron chi connectivity index (χ1n) is 6.77. The van der Waals surface area contributed by atoms with Crippen LogP contribution in [0.1, 0.15) is 43.2 Å². The molecule has 0 aliphatic rings. The molecule has 7 heteroatoms. The van der Waals surface area contributed by atoms with Gasteiger partial charge in [0.1, 0.15) is 5.03 Å². The molecule has 1 aromatic rings. The number of aryl methyl sites for hydroxylation is 1. The summed E-state index contributed by atoms with van der Waals surface area (Å²) in [7, 11) is 0. The summed E-state index contributed by atoms with van der Waals surface area (Å²) in [4.78, 5) is 30.3. The minimum absolute atomic E-state index is 0.000453. The monoisotopic (exact) mass is 313 g/mol. The first-order valence-corrected chi connectivity index (χ1v) is 7.99. The predicted octanol–water partition coefficient (Wildman–Crippen LogP) is 1.33. The Morgan fingerprint density at radius 3 is 2.57 bits per heavy atom. The van der Waals surface area contributed by atoms with Crippen LogP contribution >= 0.6 is 11.8 Å². The number of carbonyl (C=O) groups excluding carboxylic acids is 1. The van der Waals surface area contributed by atoms with Crippen molar-refractivity contribution in [3.63, 3.8) is 0 Å². The van der Waals surface area contributed by atoms with Gasteiger partial charge in [-0.2, -0.15) is 4.98 Å². The van der Waals surface area contributed by atoms with Crippen molar-refractivity contribution >= 4 is 17.7 Å². The smallest absolute Gasteiger partial charge is 0.346 e. The van der Waals surface area contributed by atoms with E-state index in [-0.39, 0.29) is 24.0 Å². The molecule has 1 amide bonds. The van der Waals surface area contributed by atoms with Crippen molar-refractivity contribution in [1.82, 2.24) is 15.3 Å². The molecule has 0 radical (unpaired) electrons. The molecule has 3 N–H and O–H groups in total. The summed E-state index contributed by atoms with van der Waals surface area (Å²) in [5, 5.41) is 12.5. The Kier molecular flexibility index (Phi) is 5.98. The van der Waals surface area contributed by atoms with Gasteiger partial charge >= 0.3 is 5.69 Å². The van der Waals surface area contributed by atoms with Crippen LogP contribution in [-0.2, 0) is 0 Å². The second-order valence-electron chi connectivity index (χ2n) is 5.96. The maximum Gasteiger partial charge on any atom is 0.346 e. The van der Waals surface area contributed by atoms with Crippen LogP contribution < -0.4 is 11.0 Å². The zero-order valence-electron chi connectivity index (χ0n) is 13.1. The summed E-state index contributed by atoms with van der Waals surface area (Å²) in [6, 6.07) is -0.170. The normalized spacial score (nSPS) is 13.0. The lowest BCUT2D eigenvalue weighted by Crippen LogP contribution is -2.45. The molecule has 1 heterocycles. The largest absolute Gasteiger partial charge is 0.396 e. The number of thioether (sulfide) groups is 1. The molecule has 0 aliphatic heterocycles. The van der Waals surface area contributed by atoms with Gasteiger partial charge in [-0.1, -0.05) is 20.8 Å². The fourth-order valence-corrected chi connectivity index (χ4v) is 2.68. The van der Waals surface area contributed by atoms with Crippen LogP contribution in [-0.4, -0.2) is 39.9 Å². The number of nitrogens with zero attached hydrogens (tertiary/aromatic N) is 1. The van der Waals surface area contributed by atoms with Crippen molar-refractivity contribution in [2.75, 3.05) is 12.9 Å². The molecular weight excluding hydrogens is 290 g/mol. The fraction of sp³-hybridized carbons (Fsp3) is 0.643. The molecule has 0 saturated heterocycles. The van der Waals surface area contributed by atoms with Gasteiger partial charge in [0.15, 0.2) is 0 Å². The van der Waals surface area contributed by atoms with E-state index in [1.165, 1.54) is 11.8 Å². The summed E-state index contributed by atoms with van der Waals surface area (Å²) in [5.74, 6) is -0.283. The number of aromatic amines is 1. The van der Waals surface area contributed by atoms with Crippen molar-refractivity contribution in [3.8, 4) is 0 Å². The third kappa shape index (κ3) is 4.57. The number of hydrogen-bond acceptors (Lipinski definition) is 5. The third-order valence-electron chi connectivity index (χ3n) is 3.28. The maximum atomic E-state index is 12.5. The lowest BCUT2D eigenvalue weighted by atomic mass is 9.84. The number of rotatable bonds is 5. The molecule has 6 nitrogen and oxygen atoms in total. The molecule has 1 atom stereocenters. The molecule has 118 valence electrons.